The van der Waals surface area contributed by atoms with E-state index in [9.17, 15) is 4.79 Å². The molecule has 1 aromatic rings. The van der Waals surface area contributed by atoms with Crippen molar-refractivity contribution in [3.63, 3.8) is 0 Å². The van der Waals surface area contributed by atoms with Gasteiger partial charge in [0.25, 0.3) is 5.91 Å². The van der Waals surface area contributed by atoms with E-state index in [1.165, 1.54) is 12.8 Å². The van der Waals surface area contributed by atoms with Gasteiger partial charge in [0.15, 0.2) is 0 Å². The molecule has 122 valence electrons. The molecule has 0 bridgehead atoms. The molecule has 0 unspecified atom stereocenters. The van der Waals surface area contributed by atoms with Gasteiger partial charge in [-0.3, -0.25) is 4.79 Å². The van der Waals surface area contributed by atoms with E-state index >= 15 is 0 Å². The van der Waals surface area contributed by atoms with Crippen molar-refractivity contribution in [2.45, 2.75) is 65.5 Å². The second-order valence-corrected chi connectivity index (χ2v) is 6.98. The van der Waals surface area contributed by atoms with Crippen LogP contribution in [0.5, 0.6) is 5.75 Å². The third-order valence-electron chi connectivity index (χ3n) is 4.17. The van der Waals surface area contributed by atoms with E-state index in [2.05, 4.69) is 32.6 Å². The molecule has 0 aromatic heterocycles. The Bertz CT molecular complexity index is 490. The maximum Gasteiger partial charge on any atom is 0.254 e. The number of rotatable bonds is 6. The minimum absolute atomic E-state index is 0.136. The van der Waals surface area contributed by atoms with Crippen LogP contribution in [0.1, 0.15) is 63.7 Å². The summed E-state index contributed by atoms with van der Waals surface area (Å²) in [5.74, 6) is 1.40. The fourth-order valence-corrected chi connectivity index (χ4v) is 3.14. The second-order valence-electron chi connectivity index (χ2n) is 6.98. The summed E-state index contributed by atoms with van der Waals surface area (Å²) in [7, 11) is 0. The van der Waals surface area contributed by atoms with Crippen molar-refractivity contribution in [3.8, 4) is 5.75 Å². The van der Waals surface area contributed by atoms with Crippen LogP contribution in [0, 0.1) is 5.92 Å². The summed E-state index contributed by atoms with van der Waals surface area (Å²) < 4.78 is 5.75. The number of ether oxygens (including phenoxy) is 1. The highest BCUT2D eigenvalue weighted by molar-refractivity contribution is 5.95. The van der Waals surface area contributed by atoms with Crippen LogP contribution in [0.3, 0.4) is 0 Å². The lowest BCUT2D eigenvalue weighted by Gasteiger charge is -2.33. The smallest absolute Gasteiger partial charge is 0.254 e. The Kier molecular flexibility index (Phi) is 5.87. The Labute approximate surface area is 134 Å². The van der Waals surface area contributed by atoms with Gasteiger partial charge in [-0.05, 0) is 50.8 Å². The number of benzene rings is 1. The summed E-state index contributed by atoms with van der Waals surface area (Å²) in [6, 6.07) is 8.25. The van der Waals surface area contributed by atoms with E-state index in [-0.39, 0.29) is 11.9 Å². The lowest BCUT2D eigenvalue weighted by atomic mass is 10.1. The molecule has 0 aliphatic heterocycles. The summed E-state index contributed by atoms with van der Waals surface area (Å²) in [6.45, 7) is 9.13. The van der Waals surface area contributed by atoms with Crippen LogP contribution in [0.15, 0.2) is 24.3 Å². The molecule has 1 aliphatic carbocycles. The fourth-order valence-electron chi connectivity index (χ4n) is 3.14. The molecule has 1 aliphatic rings. The van der Waals surface area contributed by atoms with Gasteiger partial charge in [0.05, 0.1) is 6.61 Å². The van der Waals surface area contributed by atoms with Crippen LogP contribution >= 0.6 is 0 Å². The summed E-state index contributed by atoms with van der Waals surface area (Å²) in [5, 5.41) is 0. The number of amides is 1. The van der Waals surface area contributed by atoms with Gasteiger partial charge >= 0.3 is 0 Å². The van der Waals surface area contributed by atoms with Gasteiger partial charge < -0.3 is 9.64 Å². The molecule has 1 amide bonds. The van der Waals surface area contributed by atoms with Crippen LogP contribution in [0.4, 0.5) is 0 Å². The number of nitrogens with zero attached hydrogens (tertiary/aromatic N) is 1. The molecule has 0 N–H and O–H groups in total. The van der Waals surface area contributed by atoms with Crippen molar-refractivity contribution in [2.75, 3.05) is 6.61 Å². The van der Waals surface area contributed by atoms with Crippen LogP contribution < -0.4 is 4.74 Å². The second kappa shape index (κ2) is 7.66. The Morgan fingerprint density at radius 1 is 1.23 bits per heavy atom. The molecule has 1 saturated carbocycles. The quantitative estimate of drug-likeness (QED) is 0.773. The number of hydrogen-bond acceptors (Lipinski definition) is 2. The monoisotopic (exact) mass is 303 g/mol. The minimum atomic E-state index is 0.136. The highest BCUT2D eigenvalue weighted by Gasteiger charge is 2.29. The normalized spacial score (nSPS) is 15.5. The molecule has 3 heteroatoms. The van der Waals surface area contributed by atoms with Crippen molar-refractivity contribution in [1.29, 1.82) is 0 Å². The van der Waals surface area contributed by atoms with E-state index in [0.29, 0.717) is 18.6 Å². The Morgan fingerprint density at radius 2 is 1.91 bits per heavy atom. The third-order valence-corrected chi connectivity index (χ3v) is 4.17. The van der Waals surface area contributed by atoms with Crippen LogP contribution in [-0.4, -0.2) is 29.5 Å². The van der Waals surface area contributed by atoms with E-state index in [1.54, 1.807) is 0 Å². The molecule has 0 saturated heterocycles. The van der Waals surface area contributed by atoms with Crippen LogP contribution in [0.2, 0.25) is 0 Å². The zero-order chi connectivity index (χ0) is 16.1. The molecule has 0 atom stereocenters. The number of carbonyl (C=O) groups is 1. The largest absolute Gasteiger partial charge is 0.493 e. The molecule has 3 nitrogen and oxygen atoms in total. The third kappa shape index (κ3) is 4.25. The topological polar surface area (TPSA) is 29.5 Å². The van der Waals surface area contributed by atoms with Crippen molar-refractivity contribution >= 4 is 5.91 Å². The SMILES string of the molecule is CC(C)COc1cccc(C(=O)N(C(C)C)C2CCCC2)c1. The Morgan fingerprint density at radius 3 is 2.50 bits per heavy atom. The molecule has 1 fully saturated rings. The van der Waals surface area contributed by atoms with Crippen molar-refractivity contribution in [3.05, 3.63) is 29.8 Å². The predicted molar refractivity (Wildman–Crippen MR) is 90.3 cm³/mol. The van der Waals surface area contributed by atoms with Gasteiger partial charge in [-0.15, -0.1) is 0 Å². The van der Waals surface area contributed by atoms with E-state index in [0.717, 1.165) is 24.2 Å². The molecule has 0 spiro atoms. The number of carbonyl (C=O) groups excluding carboxylic acids is 1. The highest BCUT2D eigenvalue weighted by atomic mass is 16.5. The Hall–Kier alpha value is -1.51. The highest BCUT2D eigenvalue weighted by Crippen LogP contribution is 2.27. The summed E-state index contributed by atoms with van der Waals surface area (Å²) >= 11 is 0. The van der Waals surface area contributed by atoms with Crippen molar-refractivity contribution in [1.82, 2.24) is 4.90 Å². The molecule has 0 radical (unpaired) electrons. The predicted octanol–water partition coefficient (Wildman–Crippen LogP) is 4.51. The van der Waals surface area contributed by atoms with Gasteiger partial charge in [-0.1, -0.05) is 32.8 Å². The average molecular weight is 303 g/mol. The van der Waals surface area contributed by atoms with Crippen molar-refractivity contribution < 1.29 is 9.53 Å². The van der Waals surface area contributed by atoms with Gasteiger partial charge in [0.2, 0.25) is 0 Å². The molecular weight excluding hydrogens is 274 g/mol. The van der Waals surface area contributed by atoms with E-state index in [1.807, 2.05) is 24.3 Å². The van der Waals surface area contributed by atoms with E-state index < -0.39 is 0 Å². The van der Waals surface area contributed by atoms with Crippen LogP contribution in [-0.2, 0) is 0 Å². The first kappa shape index (κ1) is 16.9. The average Bonchev–Trinajstić information content (AvgIpc) is 2.99. The molecule has 0 heterocycles. The first-order valence-electron chi connectivity index (χ1n) is 8.54. The first-order valence-corrected chi connectivity index (χ1v) is 8.54. The van der Waals surface area contributed by atoms with E-state index in [4.69, 9.17) is 4.74 Å². The zero-order valence-corrected chi connectivity index (χ0v) is 14.3. The van der Waals surface area contributed by atoms with Gasteiger partial charge in [0, 0.05) is 17.6 Å². The zero-order valence-electron chi connectivity index (χ0n) is 14.3. The van der Waals surface area contributed by atoms with Gasteiger partial charge in [-0.25, -0.2) is 0 Å². The number of hydrogen-bond donors (Lipinski definition) is 0. The molecule has 2 rings (SSSR count). The van der Waals surface area contributed by atoms with Gasteiger partial charge in [-0.2, -0.15) is 0 Å². The Balaban J connectivity index is 2.14. The van der Waals surface area contributed by atoms with Gasteiger partial charge in [0.1, 0.15) is 5.75 Å². The molecule has 1 aromatic carbocycles. The molecule has 22 heavy (non-hydrogen) atoms. The minimum Gasteiger partial charge on any atom is -0.493 e. The molecular formula is C19H29NO2. The van der Waals surface area contributed by atoms with Crippen LogP contribution in [0.25, 0.3) is 0 Å². The summed E-state index contributed by atoms with van der Waals surface area (Å²) in [5.41, 5.74) is 0.738. The fraction of sp³-hybridized carbons (Fsp3) is 0.632. The summed E-state index contributed by atoms with van der Waals surface area (Å²) in [6.07, 6.45) is 4.73. The van der Waals surface area contributed by atoms with Crippen molar-refractivity contribution in [2.24, 2.45) is 5.92 Å². The first-order chi connectivity index (χ1) is 10.5. The maximum atomic E-state index is 12.9. The summed E-state index contributed by atoms with van der Waals surface area (Å²) in [4.78, 5) is 15.0. The standard InChI is InChI=1S/C19H29NO2/c1-14(2)13-22-18-11-7-8-16(12-18)19(21)20(15(3)4)17-9-5-6-10-17/h7-8,11-12,14-15,17H,5-6,9-10,13H2,1-4H3. The lowest BCUT2D eigenvalue weighted by molar-refractivity contribution is 0.0613. The maximum absolute atomic E-state index is 12.9. The lowest BCUT2D eigenvalue weighted by Crippen LogP contribution is -2.43.